The standard InChI is InChI=1S/C20H20Cl2N2O2/c21-13-5-6-17(22)16(11-13)20-14(3-1-2-8-23)15-9-12(10-19(25)26)4-7-18(15)24-20/h4-7,9,11,24H,1-3,8,10,23H2,(H,25,26). The van der Waals surface area contributed by atoms with Crippen molar-refractivity contribution in [2.75, 3.05) is 6.54 Å². The van der Waals surface area contributed by atoms with Gasteiger partial charge in [0.25, 0.3) is 0 Å². The lowest BCUT2D eigenvalue weighted by Crippen LogP contribution is -2.00. The van der Waals surface area contributed by atoms with Crippen molar-refractivity contribution in [2.24, 2.45) is 5.73 Å². The second-order valence-corrected chi connectivity index (χ2v) is 7.14. The predicted molar refractivity (Wildman–Crippen MR) is 107 cm³/mol. The fourth-order valence-electron chi connectivity index (χ4n) is 3.20. The summed E-state index contributed by atoms with van der Waals surface area (Å²) in [7, 11) is 0. The van der Waals surface area contributed by atoms with Gasteiger partial charge in [0.1, 0.15) is 0 Å². The number of aromatic amines is 1. The summed E-state index contributed by atoms with van der Waals surface area (Å²) in [6.45, 7) is 0.639. The average Bonchev–Trinajstić information content (AvgIpc) is 2.95. The van der Waals surface area contributed by atoms with Crippen LogP contribution in [0.3, 0.4) is 0 Å². The van der Waals surface area contributed by atoms with Crippen LogP contribution < -0.4 is 5.73 Å². The summed E-state index contributed by atoms with van der Waals surface area (Å²) in [5.74, 6) is -0.845. The molecule has 4 nitrogen and oxygen atoms in total. The van der Waals surface area contributed by atoms with Gasteiger partial charge in [0, 0.05) is 26.5 Å². The van der Waals surface area contributed by atoms with E-state index in [4.69, 9.17) is 34.0 Å². The molecule has 26 heavy (non-hydrogen) atoms. The van der Waals surface area contributed by atoms with E-state index in [0.717, 1.165) is 52.5 Å². The topological polar surface area (TPSA) is 79.1 Å². The molecule has 0 amide bonds. The molecule has 1 aromatic heterocycles. The molecular formula is C20H20Cl2N2O2. The lowest BCUT2D eigenvalue weighted by Gasteiger charge is -2.08. The molecule has 4 N–H and O–H groups in total. The molecule has 6 heteroatoms. The Balaban J connectivity index is 2.15. The number of nitrogens with two attached hydrogens (primary N) is 1. The number of halogens is 2. The summed E-state index contributed by atoms with van der Waals surface area (Å²) in [5.41, 5.74) is 10.3. The Hall–Kier alpha value is -2.01. The normalized spacial score (nSPS) is 11.2. The molecule has 0 unspecified atom stereocenters. The Labute approximate surface area is 161 Å². The van der Waals surface area contributed by atoms with E-state index in [0.29, 0.717) is 16.6 Å². The van der Waals surface area contributed by atoms with E-state index in [2.05, 4.69) is 4.98 Å². The molecule has 0 aliphatic carbocycles. The van der Waals surface area contributed by atoms with Crippen LogP contribution in [0.1, 0.15) is 24.0 Å². The summed E-state index contributed by atoms with van der Waals surface area (Å²) in [5, 5.41) is 11.3. The Morgan fingerprint density at radius 3 is 2.65 bits per heavy atom. The zero-order valence-corrected chi connectivity index (χ0v) is 15.7. The minimum Gasteiger partial charge on any atom is -0.481 e. The van der Waals surface area contributed by atoms with Crippen molar-refractivity contribution in [2.45, 2.75) is 25.7 Å². The highest BCUT2D eigenvalue weighted by molar-refractivity contribution is 6.35. The van der Waals surface area contributed by atoms with Crippen LogP contribution in [0.5, 0.6) is 0 Å². The van der Waals surface area contributed by atoms with Crippen molar-refractivity contribution in [1.29, 1.82) is 0 Å². The van der Waals surface area contributed by atoms with Gasteiger partial charge in [-0.25, -0.2) is 0 Å². The number of carboxylic acids is 1. The van der Waals surface area contributed by atoms with E-state index >= 15 is 0 Å². The molecule has 2 aromatic carbocycles. The fraction of sp³-hybridized carbons (Fsp3) is 0.250. The number of aliphatic carboxylic acids is 1. The van der Waals surface area contributed by atoms with E-state index in [1.165, 1.54) is 0 Å². The van der Waals surface area contributed by atoms with Crippen LogP contribution in [0, 0.1) is 0 Å². The molecule has 0 atom stereocenters. The van der Waals surface area contributed by atoms with E-state index in [9.17, 15) is 4.79 Å². The Kier molecular flexibility index (Phi) is 5.87. The highest BCUT2D eigenvalue weighted by Gasteiger charge is 2.16. The van der Waals surface area contributed by atoms with Gasteiger partial charge in [-0.3, -0.25) is 4.79 Å². The number of rotatable bonds is 7. The zero-order valence-electron chi connectivity index (χ0n) is 14.2. The van der Waals surface area contributed by atoms with Crippen LogP contribution in [-0.4, -0.2) is 22.6 Å². The van der Waals surface area contributed by atoms with Crippen LogP contribution in [0.4, 0.5) is 0 Å². The first-order chi connectivity index (χ1) is 12.5. The number of unbranched alkanes of at least 4 members (excludes halogenated alkanes) is 1. The van der Waals surface area contributed by atoms with Gasteiger partial charge in [0.05, 0.1) is 12.1 Å². The number of aryl methyl sites for hydroxylation is 1. The Morgan fingerprint density at radius 1 is 1.12 bits per heavy atom. The molecule has 0 aliphatic heterocycles. The number of carbonyl (C=O) groups is 1. The number of fused-ring (bicyclic) bond motifs is 1. The van der Waals surface area contributed by atoms with Gasteiger partial charge in [-0.1, -0.05) is 29.3 Å². The van der Waals surface area contributed by atoms with Crippen molar-refractivity contribution >= 4 is 40.1 Å². The van der Waals surface area contributed by atoms with Crippen molar-refractivity contribution < 1.29 is 9.90 Å². The minimum atomic E-state index is -0.845. The maximum atomic E-state index is 11.1. The monoisotopic (exact) mass is 390 g/mol. The third-order valence-electron chi connectivity index (χ3n) is 4.40. The summed E-state index contributed by atoms with van der Waals surface area (Å²) >= 11 is 12.6. The number of H-pyrrole nitrogens is 1. The van der Waals surface area contributed by atoms with Gasteiger partial charge >= 0.3 is 5.97 Å². The molecule has 0 aliphatic rings. The van der Waals surface area contributed by atoms with Gasteiger partial charge < -0.3 is 15.8 Å². The van der Waals surface area contributed by atoms with Crippen LogP contribution in [0.25, 0.3) is 22.2 Å². The molecule has 0 fully saturated rings. The first kappa shape index (κ1) is 18.8. The molecule has 0 saturated heterocycles. The lowest BCUT2D eigenvalue weighted by atomic mass is 9.99. The third-order valence-corrected chi connectivity index (χ3v) is 4.97. The van der Waals surface area contributed by atoms with Crippen LogP contribution in [-0.2, 0) is 17.6 Å². The maximum absolute atomic E-state index is 11.1. The van der Waals surface area contributed by atoms with Gasteiger partial charge in [0.2, 0.25) is 0 Å². The molecule has 1 heterocycles. The molecule has 3 aromatic rings. The SMILES string of the molecule is NCCCCc1c(-c2cc(Cl)ccc2Cl)[nH]c2ccc(CC(=O)O)cc12. The van der Waals surface area contributed by atoms with Crippen molar-refractivity contribution in [3.8, 4) is 11.3 Å². The Bertz CT molecular complexity index is 950. The number of hydrogen-bond acceptors (Lipinski definition) is 2. The second kappa shape index (κ2) is 8.12. The molecule has 0 saturated carbocycles. The predicted octanol–water partition coefficient (Wildman–Crippen LogP) is 5.05. The maximum Gasteiger partial charge on any atom is 0.307 e. The van der Waals surface area contributed by atoms with Gasteiger partial charge in [-0.05, 0) is 67.3 Å². The van der Waals surface area contributed by atoms with E-state index in [-0.39, 0.29) is 6.42 Å². The van der Waals surface area contributed by atoms with E-state index in [1.807, 2.05) is 24.3 Å². The van der Waals surface area contributed by atoms with Crippen molar-refractivity contribution in [1.82, 2.24) is 4.98 Å². The molecule has 136 valence electrons. The highest BCUT2D eigenvalue weighted by atomic mass is 35.5. The van der Waals surface area contributed by atoms with Gasteiger partial charge in [-0.2, -0.15) is 0 Å². The van der Waals surface area contributed by atoms with Crippen LogP contribution >= 0.6 is 23.2 Å². The highest BCUT2D eigenvalue weighted by Crippen LogP contribution is 2.37. The first-order valence-electron chi connectivity index (χ1n) is 8.50. The summed E-state index contributed by atoms with van der Waals surface area (Å²) < 4.78 is 0. The number of nitrogens with one attached hydrogen (secondary N) is 1. The zero-order chi connectivity index (χ0) is 18.7. The van der Waals surface area contributed by atoms with Crippen molar-refractivity contribution in [3.63, 3.8) is 0 Å². The van der Waals surface area contributed by atoms with Crippen LogP contribution in [0.15, 0.2) is 36.4 Å². The molecule has 0 bridgehead atoms. The second-order valence-electron chi connectivity index (χ2n) is 6.30. The summed E-state index contributed by atoms with van der Waals surface area (Å²) in [6, 6.07) is 11.1. The minimum absolute atomic E-state index is 0.00336. The summed E-state index contributed by atoms with van der Waals surface area (Å²) in [4.78, 5) is 14.5. The van der Waals surface area contributed by atoms with Gasteiger partial charge in [0.15, 0.2) is 0 Å². The average molecular weight is 391 g/mol. The number of aromatic nitrogens is 1. The molecular weight excluding hydrogens is 371 g/mol. The van der Waals surface area contributed by atoms with Gasteiger partial charge in [-0.15, -0.1) is 0 Å². The van der Waals surface area contributed by atoms with Crippen LogP contribution in [0.2, 0.25) is 10.0 Å². The van der Waals surface area contributed by atoms with E-state index < -0.39 is 5.97 Å². The Morgan fingerprint density at radius 2 is 1.92 bits per heavy atom. The number of hydrogen-bond donors (Lipinski definition) is 3. The van der Waals surface area contributed by atoms with E-state index in [1.54, 1.807) is 12.1 Å². The molecule has 0 spiro atoms. The quantitative estimate of drug-likeness (QED) is 0.493. The largest absolute Gasteiger partial charge is 0.481 e. The third kappa shape index (κ3) is 4.04. The smallest absolute Gasteiger partial charge is 0.307 e. The summed E-state index contributed by atoms with van der Waals surface area (Å²) in [6.07, 6.45) is 2.69. The lowest BCUT2D eigenvalue weighted by molar-refractivity contribution is -0.136. The fourth-order valence-corrected chi connectivity index (χ4v) is 3.59. The molecule has 3 rings (SSSR count). The number of carboxylic acid groups (broad SMARTS) is 1. The van der Waals surface area contributed by atoms with Crippen molar-refractivity contribution in [3.05, 3.63) is 57.6 Å². The number of benzene rings is 2. The molecule has 0 radical (unpaired) electrons. The first-order valence-corrected chi connectivity index (χ1v) is 9.26.